The molecule has 0 saturated heterocycles. The van der Waals surface area contributed by atoms with Crippen LogP contribution in [-0.4, -0.2) is 4.98 Å². The summed E-state index contributed by atoms with van der Waals surface area (Å²) in [5.41, 5.74) is 6.57. The molecule has 66 valence electrons. The van der Waals surface area contributed by atoms with Gasteiger partial charge in [0.25, 0.3) is 0 Å². The largest absolute Gasteiger partial charge is 0.323 e. The highest BCUT2D eigenvalue weighted by Crippen LogP contribution is 2.12. The third-order valence-corrected chi connectivity index (χ3v) is 1.90. The minimum absolute atomic E-state index is 0. The summed E-state index contributed by atoms with van der Waals surface area (Å²) in [4.78, 5) is 4.20. The van der Waals surface area contributed by atoms with Gasteiger partial charge in [-0.1, -0.05) is 0 Å². The van der Waals surface area contributed by atoms with Crippen LogP contribution in [0, 0.1) is 6.92 Å². The van der Waals surface area contributed by atoms with Crippen molar-refractivity contribution in [1.82, 2.24) is 4.98 Å². The first kappa shape index (κ1) is 13.7. The second-order valence-electron chi connectivity index (χ2n) is 2.08. The molecule has 0 aliphatic rings. The van der Waals surface area contributed by atoms with E-state index >= 15 is 0 Å². The lowest BCUT2D eigenvalue weighted by Crippen LogP contribution is -2.04. The van der Waals surface area contributed by atoms with Gasteiger partial charge in [0.15, 0.2) is 0 Å². The maximum atomic E-state index is 5.57. The van der Waals surface area contributed by atoms with Gasteiger partial charge < -0.3 is 5.73 Å². The van der Waals surface area contributed by atoms with Crippen molar-refractivity contribution in [3.8, 4) is 0 Å². The number of aryl methyl sites for hydroxylation is 1. The number of nitrogens with two attached hydrogens (primary N) is 1. The van der Waals surface area contributed by atoms with Crippen LogP contribution in [-0.2, 0) is 0 Å². The molecule has 0 aliphatic heterocycles. The van der Waals surface area contributed by atoms with Gasteiger partial charge in [-0.2, -0.15) is 0 Å². The maximum Gasteiger partial charge on any atom is 0.0898 e. The summed E-state index contributed by atoms with van der Waals surface area (Å²) in [6.45, 7) is 3.92. The van der Waals surface area contributed by atoms with E-state index < -0.39 is 0 Å². The average molecular weight is 215 g/mol. The van der Waals surface area contributed by atoms with E-state index in [1.54, 1.807) is 11.3 Å². The Labute approximate surface area is 83.0 Å². The van der Waals surface area contributed by atoms with E-state index in [1.807, 2.05) is 19.2 Å². The molecule has 2 N–H and O–H groups in total. The number of halogens is 2. The zero-order chi connectivity index (χ0) is 6.85. The summed E-state index contributed by atoms with van der Waals surface area (Å²) in [7, 11) is 0. The Bertz CT molecular complexity index is 200. The lowest BCUT2D eigenvalue weighted by atomic mass is 10.3. The Morgan fingerprint density at radius 3 is 2.27 bits per heavy atom. The summed E-state index contributed by atoms with van der Waals surface area (Å²) in [6.07, 6.45) is 0. The van der Waals surface area contributed by atoms with Crippen molar-refractivity contribution in [3.05, 3.63) is 16.1 Å². The summed E-state index contributed by atoms with van der Waals surface area (Å²) < 4.78 is 0. The minimum atomic E-state index is 0. The summed E-state index contributed by atoms with van der Waals surface area (Å²) in [5, 5.41) is 3.09. The van der Waals surface area contributed by atoms with Crippen LogP contribution in [0.2, 0.25) is 0 Å². The van der Waals surface area contributed by atoms with Gasteiger partial charge in [0.1, 0.15) is 0 Å². The second kappa shape index (κ2) is 5.77. The van der Waals surface area contributed by atoms with Gasteiger partial charge in [-0.25, -0.2) is 4.98 Å². The van der Waals surface area contributed by atoms with Crippen LogP contribution >= 0.6 is 36.2 Å². The number of aromatic nitrogens is 1. The zero-order valence-electron chi connectivity index (χ0n) is 6.40. The standard InChI is InChI=1S/C6H10N2S.2ClH/c1-4(7)6-3-9-5(2)8-6;;/h3-4H,7H2,1-2H3;2*1H/t4-;;/m1../s1. The summed E-state index contributed by atoms with van der Waals surface area (Å²) in [6, 6.07) is 0.0787. The molecule has 5 heteroatoms. The van der Waals surface area contributed by atoms with Gasteiger partial charge in [-0.15, -0.1) is 36.2 Å². The molecule has 1 atom stereocenters. The molecule has 1 aromatic rings. The zero-order valence-corrected chi connectivity index (χ0v) is 8.85. The van der Waals surface area contributed by atoms with Gasteiger partial charge in [-0.05, 0) is 13.8 Å². The average Bonchev–Trinajstić information content (AvgIpc) is 2.14. The molecule has 0 fully saturated rings. The second-order valence-corrected chi connectivity index (χ2v) is 3.14. The molecule has 11 heavy (non-hydrogen) atoms. The molecule has 1 heterocycles. The van der Waals surface area contributed by atoms with Crippen LogP contribution in [0.15, 0.2) is 5.38 Å². The summed E-state index contributed by atoms with van der Waals surface area (Å²) in [5.74, 6) is 0. The van der Waals surface area contributed by atoms with E-state index in [1.165, 1.54) is 0 Å². The molecular weight excluding hydrogens is 203 g/mol. The minimum Gasteiger partial charge on any atom is -0.323 e. The highest BCUT2D eigenvalue weighted by Gasteiger charge is 2.01. The monoisotopic (exact) mass is 214 g/mol. The molecule has 1 rings (SSSR count). The van der Waals surface area contributed by atoms with Gasteiger partial charge in [0, 0.05) is 11.4 Å². The highest BCUT2D eigenvalue weighted by atomic mass is 35.5. The first-order valence-electron chi connectivity index (χ1n) is 2.88. The molecule has 0 radical (unpaired) electrons. The Hall–Kier alpha value is 0.170. The van der Waals surface area contributed by atoms with Crippen LogP contribution in [0.5, 0.6) is 0 Å². The lowest BCUT2D eigenvalue weighted by molar-refractivity contribution is 0.786. The van der Waals surface area contributed by atoms with Crippen molar-refractivity contribution < 1.29 is 0 Å². The third kappa shape index (κ3) is 3.91. The number of rotatable bonds is 1. The van der Waals surface area contributed by atoms with Crippen LogP contribution < -0.4 is 5.73 Å². The fourth-order valence-electron chi connectivity index (χ4n) is 0.589. The van der Waals surface area contributed by atoms with E-state index in [0.717, 1.165) is 10.7 Å². The van der Waals surface area contributed by atoms with E-state index in [0.29, 0.717) is 0 Å². The molecule has 0 saturated carbocycles. The SMILES string of the molecule is Cc1nc([C@@H](C)N)cs1.Cl.Cl. The fourth-order valence-corrected chi connectivity index (χ4v) is 1.31. The van der Waals surface area contributed by atoms with E-state index in [4.69, 9.17) is 5.73 Å². The van der Waals surface area contributed by atoms with E-state index in [9.17, 15) is 0 Å². The van der Waals surface area contributed by atoms with Crippen molar-refractivity contribution in [3.63, 3.8) is 0 Å². The van der Waals surface area contributed by atoms with Crippen molar-refractivity contribution >= 4 is 36.2 Å². The van der Waals surface area contributed by atoms with Gasteiger partial charge >= 0.3 is 0 Å². The summed E-state index contributed by atoms with van der Waals surface area (Å²) >= 11 is 1.64. The Morgan fingerprint density at radius 2 is 2.09 bits per heavy atom. The molecular formula is C6H12Cl2N2S. The van der Waals surface area contributed by atoms with Gasteiger partial charge in [0.2, 0.25) is 0 Å². The molecule has 0 amide bonds. The number of thiazole rings is 1. The number of nitrogens with zero attached hydrogens (tertiary/aromatic N) is 1. The van der Waals surface area contributed by atoms with Crippen LogP contribution in [0.3, 0.4) is 0 Å². The van der Waals surface area contributed by atoms with Crippen LogP contribution in [0.25, 0.3) is 0 Å². The Balaban J connectivity index is 0. The fraction of sp³-hybridized carbons (Fsp3) is 0.500. The molecule has 0 spiro atoms. The number of hydrogen-bond donors (Lipinski definition) is 1. The molecule has 0 aliphatic carbocycles. The normalized spacial score (nSPS) is 11.2. The van der Waals surface area contributed by atoms with E-state index in [-0.39, 0.29) is 30.9 Å². The van der Waals surface area contributed by atoms with Crippen molar-refractivity contribution in [2.45, 2.75) is 19.9 Å². The van der Waals surface area contributed by atoms with Crippen LogP contribution in [0.1, 0.15) is 23.7 Å². The molecule has 0 bridgehead atoms. The molecule has 2 nitrogen and oxygen atoms in total. The quantitative estimate of drug-likeness (QED) is 0.780. The maximum absolute atomic E-state index is 5.57. The topological polar surface area (TPSA) is 38.9 Å². The first-order chi connectivity index (χ1) is 4.20. The van der Waals surface area contributed by atoms with E-state index in [2.05, 4.69) is 4.98 Å². The van der Waals surface area contributed by atoms with Crippen molar-refractivity contribution in [1.29, 1.82) is 0 Å². The van der Waals surface area contributed by atoms with Gasteiger partial charge in [-0.3, -0.25) is 0 Å². The smallest absolute Gasteiger partial charge is 0.0898 e. The van der Waals surface area contributed by atoms with Crippen LogP contribution in [0.4, 0.5) is 0 Å². The number of hydrogen-bond acceptors (Lipinski definition) is 3. The van der Waals surface area contributed by atoms with Gasteiger partial charge in [0.05, 0.1) is 10.7 Å². The lowest BCUT2D eigenvalue weighted by Gasteiger charge is -1.95. The molecule has 1 aromatic heterocycles. The van der Waals surface area contributed by atoms with Crippen molar-refractivity contribution in [2.75, 3.05) is 0 Å². The Kier molecular flexibility index (Phi) is 7.21. The molecule has 0 unspecified atom stereocenters. The predicted octanol–water partition coefficient (Wildman–Crippen LogP) is 2.31. The van der Waals surface area contributed by atoms with Crippen molar-refractivity contribution in [2.24, 2.45) is 5.73 Å². The predicted molar refractivity (Wildman–Crippen MR) is 53.9 cm³/mol. The molecule has 0 aromatic carbocycles. The highest BCUT2D eigenvalue weighted by molar-refractivity contribution is 7.09. The Morgan fingerprint density at radius 1 is 1.55 bits per heavy atom. The first-order valence-corrected chi connectivity index (χ1v) is 3.75. The third-order valence-electron chi connectivity index (χ3n) is 1.10.